The molecule has 0 aliphatic rings. The molecule has 0 unspecified atom stereocenters. The lowest BCUT2D eigenvalue weighted by Gasteiger charge is -2.09. The largest absolute Gasteiger partial charge is 0.365 e. The van der Waals surface area contributed by atoms with Crippen molar-refractivity contribution in [3.8, 4) is 5.95 Å². The second kappa shape index (κ2) is 6.48. The minimum absolute atomic E-state index is 0.0622. The van der Waals surface area contributed by atoms with Crippen LogP contribution in [-0.2, 0) is 6.54 Å². The molecule has 0 fully saturated rings. The van der Waals surface area contributed by atoms with E-state index in [-0.39, 0.29) is 5.69 Å². The van der Waals surface area contributed by atoms with E-state index in [1.165, 1.54) is 34.7 Å². The Morgan fingerprint density at radius 2 is 2.23 bits per heavy atom. The van der Waals surface area contributed by atoms with Gasteiger partial charge in [0, 0.05) is 18.7 Å². The molecule has 0 saturated heterocycles. The molecule has 0 aliphatic heterocycles. The highest BCUT2D eigenvalue weighted by atomic mass is 32.1. The van der Waals surface area contributed by atoms with E-state index in [4.69, 9.17) is 0 Å². The molecule has 130 valence electrons. The van der Waals surface area contributed by atoms with Gasteiger partial charge in [0.05, 0.1) is 10.3 Å². The van der Waals surface area contributed by atoms with Gasteiger partial charge < -0.3 is 5.32 Å². The third-order valence-corrected chi connectivity index (χ3v) is 4.80. The van der Waals surface area contributed by atoms with Crippen molar-refractivity contribution in [1.82, 2.24) is 24.7 Å². The number of hydrogen-bond acceptors (Lipinski definition) is 8. The Morgan fingerprint density at radius 1 is 1.35 bits per heavy atom. The number of thiophene rings is 1. The number of aromatic nitrogens is 5. The summed E-state index contributed by atoms with van der Waals surface area (Å²) in [6, 6.07) is 6.51. The number of nitro groups is 1. The third kappa shape index (κ3) is 2.97. The zero-order valence-corrected chi connectivity index (χ0v) is 14.5. The number of hydrogen-bond donors (Lipinski definition) is 1. The van der Waals surface area contributed by atoms with E-state index in [1.54, 1.807) is 12.1 Å². The van der Waals surface area contributed by atoms with Gasteiger partial charge in [-0.2, -0.15) is 19.7 Å². The van der Waals surface area contributed by atoms with Crippen molar-refractivity contribution in [2.45, 2.75) is 13.5 Å². The number of benzene rings is 1. The zero-order chi connectivity index (χ0) is 18.1. The van der Waals surface area contributed by atoms with Gasteiger partial charge in [0.25, 0.3) is 11.6 Å². The van der Waals surface area contributed by atoms with Crippen LogP contribution in [0.1, 0.15) is 11.1 Å². The summed E-state index contributed by atoms with van der Waals surface area (Å²) < 4.78 is 1.49. The lowest BCUT2D eigenvalue weighted by Crippen LogP contribution is -2.07. The minimum atomic E-state index is -0.405. The summed E-state index contributed by atoms with van der Waals surface area (Å²) in [7, 11) is 0. The number of nitrogens with zero attached hydrogens (tertiary/aromatic N) is 6. The quantitative estimate of drug-likeness (QED) is 0.426. The Bertz CT molecular complexity index is 1090. The summed E-state index contributed by atoms with van der Waals surface area (Å²) in [4.78, 5) is 24.4. The molecule has 26 heavy (non-hydrogen) atoms. The Balaban J connectivity index is 1.70. The Kier molecular flexibility index (Phi) is 4.01. The molecule has 3 heterocycles. The van der Waals surface area contributed by atoms with Crippen LogP contribution in [0.4, 0.5) is 11.5 Å². The molecule has 3 aromatic heterocycles. The molecule has 1 aromatic carbocycles. The fourth-order valence-electron chi connectivity index (χ4n) is 2.58. The van der Waals surface area contributed by atoms with E-state index in [1.807, 2.05) is 18.4 Å². The molecule has 10 heteroatoms. The molecule has 0 atom stereocenters. The summed E-state index contributed by atoms with van der Waals surface area (Å²) in [6.45, 7) is 2.40. The van der Waals surface area contributed by atoms with E-state index < -0.39 is 4.92 Å². The van der Waals surface area contributed by atoms with Crippen LogP contribution in [0.2, 0.25) is 0 Å². The number of aryl methyl sites for hydroxylation is 1. The number of anilines is 1. The summed E-state index contributed by atoms with van der Waals surface area (Å²) in [5, 5.41) is 21.2. The van der Waals surface area contributed by atoms with Gasteiger partial charge in [-0.3, -0.25) is 10.1 Å². The highest BCUT2D eigenvalue weighted by molar-refractivity contribution is 7.17. The van der Waals surface area contributed by atoms with Crippen LogP contribution in [-0.4, -0.2) is 29.7 Å². The van der Waals surface area contributed by atoms with Crippen molar-refractivity contribution in [3.63, 3.8) is 0 Å². The molecule has 4 rings (SSSR count). The SMILES string of the molecule is Cc1csc2nc(-n3cncn3)nc(NCc3cccc([N+](=O)[O-])c3)c12. The summed E-state index contributed by atoms with van der Waals surface area (Å²) >= 11 is 1.53. The molecule has 4 aromatic rings. The average molecular weight is 367 g/mol. The molecule has 0 bridgehead atoms. The summed E-state index contributed by atoms with van der Waals surface area (Å²) in [6.07, 6.45) is 2.95. The van der Waals surface area contributed by atoms with E-state index in [0.29, 0.717) is 18.3 Å². The van der Waals surface area contributed by atoms with Crippen LogP contribution in [0, 0.1) is 17.0 Å². The molecule has 0 amide bonds. The number of fused-ring (bicyclic) bond motifs is 1. The Hall–Kier alpha value is -3.40. The highest BCUT2D eigenvalue weighted by Crippen LogP contribution is 2.30. The first kappa shape index (κ1) is 16.1. The molecule has 0 spiro atoms. The first-order valence-corrected chi connectivity index (χ1v) is 8.58. The van der Waals surface area contributed by atoms with Gasteiger partial charge in [0.1, 0.15) is 23.3 Å². The van der Waals surface area contributed by atoms with Crippen LogP contribution in [0.25, 0.3) is 16.2 Å². The van der Waals surface area contributed by atoms with E-state index in [0.717, 1.165) is 21.3 Å². The van der Waals surface area contributed by atoms with Crippen LogP contribution in [0.3, 0.4) is 0 Å². The first-order valence-electron chi connectivity index (χ1n) is 7.70. The Labute approximate surface area is 151 Å². The maximum absolute atomic E-state index is 10.9. The van der Waals surface area contributed by atoms with Crippen molar-refractivity contribution in [2.75, 3.05) is 5.32 Å². The van der Waals surface area contributed by atoms with Crippen molar-refractivity contribution >= 4 is 33.1 Å². The second-order valence-electron chi connectivity index (χ2n) is 5.59. The van der Waals surface area contributed by atoms with Crippen molar-refractivity contribution in [2.24, 2.45) is 0 Å². The van der Waals surface area contributed by atoms with Gasteiger partial charge in [-0.25, -0.2) is 4.98 Å². The lowest BCUT2D eigenvalue weighted by atomic mass is 10.2. The van der Waals surface area contributed by atoms with Gasteiger partial charge >= 0.3 is 0 Å². The van der Waals surface area contributed by atoms with E-state index in [9.17, 15) is 10.1 Å². The summed E-state index contributed by atoms with van der Waals surface area (Å²) in [5.41, 5.74) is 1.92. The lowest BCUT2D eigenvalue weighted by molar-refractivity contribution is -0.384. The van der Waals surface area contributed by atoms with Crippen molar-refractivity contribution in [1.29, 1.82) is 0 Å². The first-order chi connectivity index (χ1) is 12.6. The maximum Gasteiger partial charge on any atom is 0.269 e. The van der Waals surface area contributed by atoms with Crippen LogP contribution >= 0.6 is 11.3 Å². The number of nitrogens with one attached hydrogen (secondary N) is 1. The number of non-ortho nitro benzene ring substituents is 1. The predicted octanol–water partition coefficient (Wildman–Crippen LogP) is 3.10. The molecule has 0 aliphatic carbocycles. The molecular weight excluding hydrogens is 354 g/mol. The van der Waals surface area contributed by atoms with Crippen molar-refractivity contribution in [3.05, 3.63) is 63.5 Å². The van der Waals surface area contributed by atoms with Crippen LogP contribution in [0.15, 0.2) is 42.3 Å². The van der Waals surface area contributed by atoms with Gasteiger partial charge in [-0.1, -0.05) is 12.1 Å². The molecule has 9 nitrogen and oxygen atoms in total. The molecular formula is C16H13N7O2S. The highest BCUT2D eigenvalue weighted by Gasteiger charge is 2.14. The average Bonchev–Trinajstić information content (AvgIpc) is 3.30. The maximum atomic E-state index is 10.9. The topological polar surface area (TPSA) is 112 Å². The van der Waals surface area contributed by atoms with E-state index >= 15 is 0 Å². The predicted molar refractivity (Wildman–Crippen MR) is 97.5 cm³/mol. The molecule has 0 radical (unpaired) electrons. The van der Waals surface area contributed by atoms with Crippen molar-refractivity contribution < 1.29 is 4.92 Å². The fourth-order valence-corrected chi connectivity index (χ4v) is 3.50. The molecule has 1 N–H and O–H groups in total. The summed E-state index contributed by atoms with van der Waals surface area (Å²) in [5.74, 6) is 1.07. The van der Waals surface area contributed by atoms with Gasteiger partial charge in [0.2, 0.25) is 0 Å². The molecule has 0 saturated carbocycles. The normalized spacial score (nSPS) is 11.0. The second-order valence-corrected chi connectivity index (χ2v) is 6.45. The fraction of sp³-hybridized carbons (Fsp3) is 0.125. The Morgan fingerprint density at radius 3 is 3.00 bits per heavy atom. The third-order valence-electron chi connectivity index (χ3n) is 3.81. The number of nitro benzene ring substituents is 1. The standard InChI is InChI=1S/C16H13N7O2S/c1-10-7-26-15-13(10)14(20-16(21-15)22-9-17-8-19-22)18-6-11-3-2-4-12(5-11)23(24)25/h2-5,7-9H,6H2,1H3,(H,18,20,21). The van der Waals surface area contributed by atoms with Crippen LogP contribution < -0.4 is 5.32 Å². The van der Waals surface area contributed by atoms with Gasteiger partial charge in [-0.15, -0.1) is 11.3 Å². The smallest absolute Gasteiger partial charge is 0.269 e. The number of rotatable bonds is 5. The van der Waals surface area contributed by atoms with Gasteiger partial charge in [0.15, 0.2) is 0 Å². The van der Waals surface area contributed by atoms with Crippen LogP contribution in [0.5, 0.6) is 0 Å². The monoisotopic (exact) mass is 367 g/mol. The zero-order valence-electron chi connectivity index (χ0n) is 13.7. The van der Waals surface area contributed by atoms with Gasteiger partial charge in [-0.05, 0) is 23.4 Å². The minimum Gasteiger partial charge on any atom is -0.365 e. The van der Waals surface area contributed by atoms with E-state index in [2.05, 4.69) is 25.4 Å².